The summed E-state index contributed by atoms with van der Waals surface area (Å²) in [7, 11) is 0. The Kier molecular flexibility index (Phi) is 3.93. The summed E-state index contributed by atoms with van der Waals surface area (Å²) >= 11 is 1.69. The molecule has 0 bridgehead atoms. The van der Waals surface area contributed by atoms with Crippen LogP contribution < -0.4 is 5.32 Å². The maximum atomic E-state index is 4.44. The molecule has 2 aromatic rings. The highest BCUT2D eigenvalue weighted by Gasteiger charge is 2.05. The van der Waals surface area contributed by atoms with Gasteiger partial charge >= 0.3 is 0 Å². The predicted molar refractivity (Wildman–Crippen MR) is 71.5 cm³/mol. The van der Waals surface area contributed by atoms with E-state index in [0.29, 0.717) is 0 Å². The van der Waals surface area contributed by atoms with Crippen molar-refractivity contribution in [2.75, 3.05) is 11.9 Å². The number of nitrogens with one attached hydrogen (secondary N) is 1. The second-order valence-corrected chi connectivity index (χ2v) is 4.72. The normalized spacial score (nSPS) is 10.4. The van der Waals surface area contributed by atoms with Crippen molar-refractivity contribution in [3.63, 3.8) is 0 Å². The first-order chi connectivity index (χ1) is 8.29. The Morgan fingerprint density at radius 2 is 2.47 bits per heavy atom. The molecule has 0 saturated carbocycles. The lowest BCUT2D eigenvalue weighted by atomic mass is 10.4. The van der Waals surface area contributed by atoms with Crippen molar-refractivity contribution >= 4 is 17.3 Å². The van der Waals surface area contributed by atoms with Gasteiger partial charge in [0, 0.05) is 37.3 Å². The molecule has 2 heterocycles. The standard InChI is InChI=1S/C12H16N4S/c1-3-5-14-12-15-10(2)9-16(12)7-4-11-13-6-8-17-11/h3,6,8-9H,1,4-5,7H2,2H3,(H,14,15). The molecule has 2 rings (SSSR count). The summed E-state index contributed by atoms with van der Waals surface area (Å²) in [5.74, 6) is 0.902. The van der Waals surface area contributed by atoms with Crippen LogP contribution in [0.2, 0.25) is 0 Å². The summed E-state index contributed by atoms with van der Waals surface area (Å²) in [6, 6.07) is 0. The smallest absolute Gasteiger partial charge is 0.203 e. The fraction of sp³-hybridized carbons (Fsp3) is 0.333. The quantitative estimate of drug-likeness (QED) is 0.799. The third-order valence-electron chi connectivity index (χ3n) is 2.35. The molecule has 5 heteroatoms. The number of thiazole rings is 1. The molecule has 17 heavy (non-hydrogen) atoms. The predicted octanol–water partition coefficient (Wildman–Crippen LogP) is 2.49. The molecular weight excluding hydrogens is 232 g/mol. The van der Waals surface area contributed by atoms with Gasteiger partial charge in [-0.15, -0.1) is 17.9 Å². The molecule has 0 saturated heterocycles. The number of hydrogen-bond donors (Lipinski definition) is 1. The lowest BCUT2D eigenvalue weighted by Gasteiger charge is -2.06. The minimum Gasteiger partial charge on any atom is -0.352 e. The second-order valence-electron chi connectivity index (χ2n) is 3.74. The summed E-state index contributed by atoms with van der Waals surface area (Å²) < 4.78 is 2.13. The van der Waals surface area contributed by atoms with E-state index in [4.69, 9.17) is 0 Å². The Morgan fingerprint density at radius 1 is 1.59 bits per heavy atom. The van der Waals surface area contributed by atoms with Crippen LogP contribution in [0.4, 0.5) is 5.95 Å². The van der Waals surface area contributed by atoms with E-state index in [1.54, 1.807) is 11.3 Å². The van der Waals surface area contributed by atoms with E-state index in [0.717, 1.165) is 36.2 Å². The lowest BCUT2D eigenvalue weighted by molar-refractivity contribution is 0.698. The van der Waals surface area contributed by atoms with Crippen molar-refractivity contribution in [2.45, 2.75) is 19.9 Å². The van der Waals surface area contributed by atoms with Gasteiger partial charge in [-0.1, -0.05) is 6.08 Å². The first-order valence-electron chi connectivity index (χ1n) is 5.56. The van der Waals surface area contributed by atoms with Crippen molar-refractivity contribution in [3.8, 4) is 0 Å². The molecule has 0 unspecified atom stereocenters. The van der Waals surface area contributed by atoms with Crippen molar-refractivity contribution in [3.05, 3.63) is 41.1 Å². The molecule has 0 aliphatic carbocycles. The fourth-order valence-electron chi connectivity index (χ4n) is 1.61. The van der Waals surface area contributed by atoms with Gasteiger partial charge in [-0.25, -0.2) is 9.97 Å². The van der Waals surface area contributed by atoms with Crippen molar-refractivity contribution < 1.29 is 0 Å². The Bertz CT molecular complexity index is 473. The average Bonchev–Trinajstić information content (AvgIpc) is 2.93. The molecule has 0 aliphatic heterocycles. The van der Waals surface area contributed by atoms with Crippen molar-refractivity contribution in [1.29, 1.82) is 0 Å². The third-order valence-corrected chi connectivity index (χ3v) is 3.19. The van der Waals surface area contributed by atoms with Crippen LogP contribution in [0.25, 0.3) is 0 Å². The zero-order valence-electron chi connectivity index (χ0n) is 9.89. The number of imidazole rings is 1. The molecule has 0 radical (unpaired) electrons. The van der Waals surface area contributed by atoms with E-state index in [-0.39, 0.29) is 0 Å². The zero-order valence-corrected chi connectivity index (χ0v) is 10.7. The molecule has 1 N–H and O–H groups in total. The minimum atomic E-state index is 0.730. The maximum absolute atomic E-state index is 4.44. The molecule has 4 nitrogen and oxygen atoms in total. The maximum Gasteiger partial charge on any atom is 0.203 e. The number of rotatable bonds is 6. The zero-order chi connectivity index (χ0) is 12.1. The highest BCUT2D eigenvalue weighted by Crippen LogP contribution is 2.11. The molecule has 0 fully saturated rings. The molecule has 0 atom stereocenters. The van der Waals surface area contributed by atoms with E-state index in [1.807, 2.05) is 24.6 Å². The molecule has 0 spiro atoms. The van der Waals surface area contributed by atoms with Gasteiger partial charge < -0.3 is 9.88 Å². The molecule has 0 amide bonds. The molecule has 0 aromatic carbocycles. The number of aryl methyl sites for hydroxylation is 3. The van der Waals surface area contributed by atoms with E-state index in [9.17, 15) is 0 Å². The van der Waals surface area contributed by atoms with Gasteiger partial charge in [0.1, 0.15) is 0 Å². The van der Waals surface area contributed by atoms with Crippen LogP contribution >= 0.6 is 11.3 Å². The Balaban J connectivity index is 2.01. The largest absolute Gasteiger partial charge is 0.352 e. The third kappa shape index (κ3) is 3.17. The lowest BCUT2D eigenvalue weighted by Crippen LogP contribution is -2.08. The summed E-state index contributed by atoms with van der Waals surface area (Å²) in [6.07, 6.45) is 6.67. The number of hydrogen-bond acceptors (Lipinski definition) is 4. The first-order valence-corrected chi connectivity index (χ1v) is 6.44. The number of anilines is 1. The Hall–Kier alpha value is -1.62. The van der Waals surface area contributed by atoms with Crippen LogP contribution in [0.15, 0.2) is 30.4 Å². The minimum absolute atomic E-state index is 0.730. The summed E-state index contributed by atoms with van der Waals surface area (Å²) in [5, 5.41) is 6.39. The van der Waals surface area contributed by atoms with Crippen LogP contribution in [-0.2, 0) is 13.0 Å². The van der Waals surface area contributed by atoms with Gasteiger partial charge in [-0.2, -0.15) is 0 Å². The molecular formula is C12H16N4S. The van der Waals surface area contributed by atoms with E-state index in [1.165, 1.54) is 0 Å². The monoisotopic (exact) mass is 248 g/mol. The topological polar surface area (TPSA) is 42.7 Å². The SMILES string of the molecule is C=CCNc1nc(C)cn1CCc1nccs1. The first kappa shape index (κ1) is 11.9. The second kappa shape index (κ2) is 5.63. The van der Waals surface area contributed by atoms with Gasteiger partial charge in [0.15, 0.2) is 0 Å². The van der Waals surface area contributed by atoms with Crippen LogP contribution in [0, 0.1) is 6.92 Å². The van der Waals surface area contributed by atoms with E-state index >= 15 is 0 Å². The fourth-order valence-corrected chi connectivity index (χ4v) is 2.22. The summed E-state index contributed by atoms with van der Waals surface area (Å²) in [5.41, 5.74) is 1.02. The van der Waals surface area contributed by atoms with E-state index in [2.05, 4.69) is 32.6 Å². The Labute approximate surface area is 105 Å². The average molecular weight is 248 g/mol. The summed E-state index contributed by atoms with van der Waals surface area (Å²) in [6.45, 7) is 7.32. The van der Waals surface area contributed by atoms with Gasteiger partial charge in [-0.05, 0) is 6.92 Å². The van der Waals surface area contributed by atoms with Crippen LogP contribution in [0.1, 0.15) is 10.7 Å². The molecule has 90 valence electrons. The summed E-state index contributed by atoms with van der Waals surface area (Å²) in [4.78, 5) is 8.71. The van der Waals surface area contributed by atoms with Crippen LogP contribution in [0.3, 0.4) is 0 Å². The van der Waals surface area contributed by atoms with Crippen LogP contribution in [0.5, 0.6) is 0 Å². The highest BCUT2D eigenvalue weighted by atomic mass is 32.1. The van der Waals surface area contributed by atoms with Gasteiger partial charge in [0.05, 0.1) is 10.7 Å². The van der Waals surface area contributed by atoms with E-state index < -0.39 is 0 Å². The van der Waals surface area contributed by atoms with Gasteiger partial charge in [0.2, 0.25) is 5.95 Å². The van der Waals surface area contributed by atoms with Gasteiger partial charge in [-0.3, -0.25) is 0 Å². The number of aromatic nitrogens is 3. The van der Waals surface area contributed by atoms with Gasteiger partial charge in [0.25, 0.3) is 0 Å². The van der Waals surface area contributed by atoms with Crippen LogP contribution in [-0.4, -0.2) is 21.1 Å². The number of nitrogens with zero attached hydrogens (tertiary/aromatic N) is 3. The molecule has 2 aromatic heterocycles. The van der Waals surface area contributed by atoms with Crippen molar-refractivity contribution in [1.82, 2.24) is 14.5 Å². The Morgan fingerprint density at radius 3 is 3.18 bits per heavy atom. The highest BCUT2D eigenvalue weighted by molar-refractivity contribution is 7.09. The van der Waals surface area contributed by atoms with Crippen molar-refractivity contribution in [2.24, 2.45) is 0 Å². The molecule has 0 aliphatic rings.